The summed E-state index contributed by atoms with van der Waals surface area (Å²) in [6.07, 6.45) is 0.901. The minimum atomic E-state index is -0.626. The molecule has 2 aliphatic rings. The first-order valence-corrected chi connectivity index (χ1v) is 7.02. The summed E-state index contributed by atoms with van der Waals surface area (Å²) < 4.78 is 19.7. The number of hydrogen-bond acceptors (Lipinski definition) is 4. The molecule has 104 valence electrons. The van der Waals surface area contributed by atoms with Crippen molar-refractivity contribution in [2.75, 3.05) is 19.0 Å². The second-order valence-electron chi connectivity index (χ2n) is 4.70. The molecule has 1 aromatic carbocycles. The van der Waals surface area contributed by atoms with E-state index in [4.69, 9.17) is 10.5 Å². The molecular formula is C14H19FN2OS. The maximum Gasteiger partial charge on any atom is 0.154 e. The highest BCUT2D eigenvalue weighted by atomic mass is 32.2. The van der Waals surface area contributed by atoms with Crippen LogP contribution in [0.4, 0.5) is 4.39 Å². The van der Waals surface area contributed by atoms with Gasteiger partial charge in [0.05, 0.1) is 6.61 Å². The number of amidine groups is 1. The summed E-state index contributed by atoms with van der Waals surface area (Å²) in [6, 6.07) is 6.80. The third-order valence-electron chi connectivity index (χ3n) is 3.69. The quantitative estimate of drug-likeness (QED) is 0.861. The van der Waals surface area contributed by atoms with Gasteiger partial charge in [0.15, 0.2) is 5.17 Å². The van der Waals surface area contributed by atoms with Crippen LogP contribution in [-0.2, 0) is 10.3 Å². The molecule has 0 saturated carbocycles. The molecule has 0 aliphatic carbocycles. The van der Waals surface area contributed by atoms with Crippen LogP contribution < -0.4 is 5.73 Å². The van der Waals surface area contributed by atoms with Gasteiger partial charge in [-0.25, -0.2) is 9.38 Å². The lowest BCUT2D eigenvalue weighted by molar-refractivity contribution is 0.00301. The molecule has 0 spiro atoms. The van der Waals surface area contributed by atoms with Gasteiger partial charge >= 0.3 is 0 Å². The summed E-state index contributed by atoms with van der Waals surface area (Å²) in [7, 11) is 0. The maximum absolute atomic E-state index is 14.1. The molecule has 19 heavy (non-hydrogen) atoms. The van der Waals surface area contributed by atoms with Crippen molar-refractivity contribution < 1.29 is 9.13 Å². The fourth-order valence-electron chi connectivity index (χ4n) is 2.74. The molecule has 1 saturated heterocycles. The molecule has 0 aromatic heterocycles. The Labute approximate surface area is 117 Å². The predicted molar refractivity (Wildman–Crippen MR) is 77.8 cm³/mol. The highest BCUT2D eigenvalue weighted by Crippen LogP contribution is 2.44. The van der Waals surface area contributed by atoms with Crippen molar-refractivity contribution in [2.24, 2.45) is 16.6 Å². The van der Waals surface area contributed by atoms with Gasteiger partial charge in [-0.3, -0.25) is 0 Å². The van der Waals surface area contributed by atoms with E-state index < -0.39 is 5.54 Å². The van der Waals surface area contributed by atoms with E-state index in [0.717, 1.165) is 18.8 Å². The molecule has 3 rings (SSSR count). The van der Waals surface area contributed by atoms with E-state index in [1.165, 1.54) is 6.07 Å². The molecule has 3 nitrogen and oxygen atoms in total. The SMILES string of the molecule is C.NC1=N[C@@]2(c3ccccc3F)COCC[C@H]2CS1. The molecule has 5 heteroatoms. The highest BCUT2D eigenvalue weighted by molar-refractivity contribution is 8.13. The molecule has 0 bridgehead atoms. The number of aliphatic imine (C=N–C) groups is 1. The van der Waals surface area contributed by atoms with Crippen molar-refractivity contribution in [3.8, 4) is 0 Å². The van der Waals surface area contributed by atoms with E-state index >= 15 is 0 Å². The first-order valence-electron chi connectivity index (χ1n) is 6.03. The lowest BCUT2D eigenvalue weighted by Gasteiger charge is -2.43. The maximum atomic E-state index is 14.1. The van der Waals surface area contributed by atoms with Crippen LogP contribution in [0.1, 0.15) is 19.4 Å². The Bertz CT molecular complexity index is 494. The summed E-state index contributed by atoms with van der Waals surface area (Å²) in [4.78, 5) is 4.56. The Balaban J connectivity index is 0.00000133. The third-order valence-corrected chi connectivity index (χ3v) is 4.65. The van der Waals surface area contributed by atoms with E-state index in [2.05, 4.69) is 4.99 Å². The smallest absolute Gasteiger partial charge is 0.154 e. The van der Waals surface area contributed by atoms with E-state index in [9.17, 15) is 4.39 Å². The molecule has 0 radical (unpaired) electrons. The minimum Gasteiger partial charge on any atom is -0.379 e. The Morgan fingerprint density at radius 3 is 3.00 bits per heavy atom. The zero-order chi connectivity index (χ0) is 12.6. The van der Waals surface area contributed by atoms with Crippen LogP contribution in [0.25, 0.3) is 0 Å². The molecular weight excluding hydrogens is 263 g/mol. The number of benzene rings is 1. The Hall–Kier alpha value is -1.07. The van der Waals surface area contributed by atoms with Gasteiger partial charge in [0, 0.05) is 23.8 Å². The second-order valence-corrected chi connectivity index (χ2v) is 5.74. The number of hydrogen-bond donors (Lipinski definition) is 1. The van der Waals surface area contributed by atoms with Crippen LogP contribution in [-0.4, -0.2) is 24.1 Å². The van der Waals surface area contributed by atoms with Crippen molar-refractivity contribution in [1.82, 2.24) is 0 Å². The lowest BCUT2D eigenvalue weighted by Crippen LogP contribution is -2.48. The van der Waals surface area contributed by atoms with Crippen LogP contribution in [0.3, 0.4) is 0 Å². The molecule has 2 N–H and O–H groups in total. The zero-order valence-electron chi connectivity index (χ0n) is 9.93. The minimum absolute atomic E-state index is 0. The molecule has 0 unspecified atom stereocenters. The van der Waals surface area contributed by atoms with Crippen molar-refractivity contribution in [3.05, 3.63) is 35.6 Å². The van der Waals surface area contributed by atoms with Gasteiger partial charge in [-0.15, -0.1) is 0 Å². The topological polar surface area (TPSA) is 47.6 Å². The van der Waals surface area contributed by atoms with Crippen LogP contribution in [0.5, 0.6) is 0 Å². The van der Waals surface area contributed by atoms with Crippen LogP contribution >= 0.6 is 11.8 Å². The number of ether oxygens (including phenoxy) is 1. The van der Waals surface area contributed by atoms with Gasteiger partial charge in [-0.1, -0.05) is 37.4 Å². The van der Waals surface area contributed by atoms with Crippen molar-refractivity contribution in [3.63, 3.8) is 0 Å². The van der Waals surface area contributed by atoms with Gasteiger partial charge in [0.1, 0.15) is 11.4 Å². The van der Waals surface area contributed by atoms with Gasteiger partial charge < -0.3 is 10.5 Å². The largest absolute Gasteiger partial charge is 0.379 e. The van der Waals surface area contributed by atoms with E-state index in [1.54, 1.807) is 23.9 Å². The van der Waals surface area contributed by atoms with Crippen molar-refractivity contribution in [1.29, 1.82) is 0 Å². The Morgan fingerprint density at radius 1 is 1.42 bits per heavy atom. The zero-order valence-corrected chi connectivity index (χ0v) is 10.8. The van der Waals surface area contributed by atoms with E-state index in [1.807, 2.05) is 6.07 Å². The standard InChI is InChI=1S/C13H15FN2OS.CH4/c14-11-4-2-1-3-10(11)13-8-17-6-5-9(13)7-18-12(15)16-13;/h1-4,9H,5-8H2,(H2,15,16);1H4/t9-,13-;/m0./s1. The number of rotatable bonds is 1. The fourth-order valence-corrected chi connectivity index (χ4v) is 3.78. The first kappa shape index (κ1) is 14.3. The summed E-state index contributed by atoms with van der Waals surface area (Å²) in [5, 5.41) is 0.528. The molecule has 0 amide bonds. The number of nitrogens with two attached hydrogens (primary N) is 1. The van der Waals surface area contributed by atoms with Crippen LogP contribution in [0.2, 0.25) is 0 Å². The summed E-state index contributed by atoms with van der Waals surface area (Å²) in [5.41, 5.74) is 5.83. The second kappa shape index (κ2) is 5.51. The van der Waals surface area contributed by atoms with Crippen molar-refractivity contribution in [2.45, 2.75) is 19.4 Å². The van der Waals surface area contributed by atoms with Crippen molar-refractivity contribution >= 4 is 16.9 Å². The fraction of sp³-hybridized carbons (Fsp3) is 0.500. The van der Waals surface area contributed by atoms with Crippen LogP contribution in [0.15, 0.2) is 29.3 Å². The molecule has 2 atom stereocenters. The Kier molecular flexibility index (Phi) is 4.16. The van der Waals surface area contributed by atoms with Gasteiger partial charge in [-0.2, -0.15) is 0 Å². The number of thioether (sulfide) groups is 1. The molecule has 1 fully saturated rings. The summed E-state index contributed by atoms with van der Waals surface area (Å²) in [5.74, 6) is 0.949. The third kappa shape index (κ3) is 2.37. The molecule has 2 heterocycles. The lowest BCUT2D eigenvalue weighted by atomic mass is 9.76. The Morgan fingerprint density at radius 2 is 2.21 bits per heavy atom. The van der Waals surface area contributed by atoms with Gasteiger partial charge in [-0.05, 0) is 12.5 Å². The average molecular weight is 282 g/mol. The van der Waals surface area contributed by atoms with Gasteiger partial charge in [0.2, 0.25) is 0 Å². The molecule has 2 aliphatic heterocycles. The number of nitrogens with zero attached hydrogens (tertiary/aromatic N) is 1. The summed E-state index contributed by atoms with van der Waals surface area (Å²) >= 11 is 1.55. The van der Waals surface area contributed by atoms with E-state index in [-0.39, 0.29) is 13.2 Å². The first-order chi connectivity index (χ1) is 8.72. The average Bonchev–Trinajstić information content (AvgIpc) is 2.38. The monoisotopic (exact) mass is 282 g/mol. The summed E-state index contributed by atoms with van der Waals surface area (Å²) in [6.45, 7) is 1.14. The normalized spacial score (nSPS) is 29.9. The highest BCUT2D eigenvalue weighted by Gasteiger charge is 2.46. The van der Waals surface area contributed by atoms with Gasteiger partial charge in [0.25, 0.3) is 0 Å². The predicted octanol–water partition coefficient (Wildman–Crippen LogP) is 2.76. The molecule has 1 aromatic rings. The number of halogens is 1. The van der Waals surface area contributed by atoms with E-state index in [0.29, 0.717) is 23.3 Å². The van der Waals surface area contributed by atoms with Crippen LogP contribution in [0, 0.1) is 11.7 Å². The number of fused-ring (bicyclic) bond motifs is 1.